The summed E-state index contributed by atoms with van der Waals surface area (Å²) in [6, 6.07) is 10.8. The molecule has 0 spiro atoms. The maximum atomic E-state index is 15.4. The number of hydrogen-bond acceptors (Lipinski definition) is 7. The normalized spacial score (nSPS) is 15.3. The fourth-order valence-electron chi connectivity index (χ4n) is 5.75. The lowest BCUT2D eigenvalue weighted by Crippen LogP contribution is -2.24. The van der Waals surface area contributed by atoms with Crippen LogP contribution in [0, 0.1) is 11.6 Å². The molecule has 2 aromatic carbocycles. The molecule has 0 atom stereocenters. The predicted octanol–water partition coefficient (Wildman–Crippen LogP) is 5.40. The van der Waals surface area contributed by atoms with Gasteiger partial charge in [-0.2, -0.15) is 5.10 Å². The molecule has 236 valence electrons. The third-order valence-electron chi connectivity index (χ3n) is 7.83. The van der Waals surface area contributed by atoms with E-state index in [0.717, 1.165) is 11.8 Å². The average molecular weight is 651 g/mol. The number of pyridine rings is 2. The van der Waals surface area contributed by atoms with Crippen LogP contribution in [-0.2, 0) is 23.1 Å². The zero-order chi connectivity index (χ0) is 32.2. The minimum Gasteiger partial charge on any atom is -0.335 e. The first kappa shape index (κ1) is 30.0. The largest absolute Gasteiger partial charge is 0.335 e. The van der Waals surface area contributed by atoms with Crippen LogP contribution < -0.4 is 4.72 Å². The number of nitrogens with one attached hydrogen (secondary N) is 3. The van der Waals surface area contributed by atoms with Crippen LogP contribution in [0.15, 0.2) is 61.1 Å². The number of benzene rings is 2. The van der Waals surface area contributed by atoms with Gasteiger partial charge in [0.2, 0.25) is 10.0 Å². The Kier molecular flexibility index (Phi) is 7.33. The molecular weight excluding hydrogens is 624 g/mol. The SMILES string of the molecule is CS(=O)(=O)NCc1cc(F)cc(-c2ccnc3nc(-c4[nH]nc5c(F)cc(-c6cncc(CN7CCC(F)(F)C7)c6)cc45)[nH]c23)c1. The molecule has 0 unspecified atom stereocenters. The maximum Gasteiger partial charge on any atom is 0.261 e. The van der Waals surface area contributed by atoms with Gasteiger partial charge in [0.15, 0.2) is 17.3 Å². The van der Waals surface area contributed by atoms with Gasteiger partial charge in [0.05, 0.1) is 18.3 Å². The molecule has 4 aromatic heterocycles. The van der Waals surface area contributed by atoms with E-state index in [1.165, 1.54) is 24.4 Å². The molecule has 1 saturated heterocycles. The summed E-state index contributed by atoms with van der Waals surface area (Å²) in [6.07, 6.45) is 5.55. The van der Waals surface area contributed by atoms with Crippen molar-refractivity contribution in [3.63, 3.8) is 0 Å². The third-order valence-corrected chi connectivity index (χ3v) is 8.50. The van der Waals surface area contributed by atoms with E-state index >= 15 is 4.39 Å². The summed E-state index contributed by atoms with van der Waals surface area (Å²) >= 11 is 0. The summed E-state index contributed by atoms with van der Waals surface area (Å²) in [5.41, 5.74) is 4.58. The van der Waals surface area contributed by atoms with Crippen LogP contribution in [0.4, 0.5) is 17.6 Å². The monoisotopic (exact) mass is 650 g/mol. The topological polar surface area (TPSA) is 133 Å². The Morgan fingerprint density at radius 1 is 1.02 bits per heavy atom. The average Bonchev–Trinajstić information content (AvgIpc) is 3.71. The molecule has 1 aliphatic heterocycles. The van der Waals surface area contributed by atoms with Crippen molar-refractivity contribution >= 4 is 32.1 Å². The van der Waals surface area contributed by atoms with Gasteiger partial charge < -0.3 is 4.98 Å². The van der Waals surface area contributed by atoms with E-state index in [1.807, 2.05) is 0 Å². The van der Waals surface area contributed by atoms with Gasteiger partial charge >= 0.3 is 0 Å². The molecule has 46 heavy (non-hydrogen) atoms. The highest BCUT2D eigenvalue weighted by molar-refractivity contribution is 7.88. The number of imidazole rings is 1. The summed E-state index contributed by atoms with van der Waals surface area (Å²) in [5, 5.41) is 7.45. The molecule has 6 aromatic rings. The van der Waals surface area contributed by atoms with Crippen molar-refractivity contribution < 1.29 is 26.0 Å². The van der Waals surface area contributed by atoms with Crippen molar-refractivity contribution in [2.24, 2.45) is 0 Å². The first-order valence-corrected chi connectivity index (χ1v) is 16.1. The molecule has 0 radical (unpaired) electrons. The minimum atomic E-state index is -3.49. The standard InChI is InChI=1S/C31H26F4N8O2S/c1-46(44,45)38-13-17-6-20(9-22(32)8-17)23-2-4-37-29-27(23)39-30(40-29)28-24-10-19(11-25(33)26(24)41-42-28)21-7-18(12-36-14-21)15-43-5-3-31(34,35)16-43/h2,4,6-12,14,38H,3,5,13,15-16H2,1H3,(H,41,42)(H,37,39,40). The van der Waals surface area contributed by atoms with Gasteiger partial charge in [0, 0.05) is 61.2 Å². The zero-order valence-corrected chi connectivity index (χ0v) is 25.1. The number of nitrogens with zero attached hydrogens (tertiary/aromatic N) is 5. The molecule has 1 aliphatic rings. The number of aromatic nitrogens is 6. The zero-order valence-electron chi connectivity index (χ0n) is 24.3. The summed E-state index contributed by atoms with van der Waals surface area (Å²) in [6.45, 7) is 0.177. The van der Waals surface area contributed by atoms with Gasteiger partial charge in [-0.05, 0) is 64.7 Å². The Morgan fingerprint density at radius 3 is 2.63 bits per heavy atom. The molecule has 1 fully saturated rings. The van der Waals surface area contributed by atoms with Gasteiger partial charge in [-0.15, -0.1) is 0 Å². The van der Waals surface area contributed by atoms with Gasteiger partial charge in [-0.25, -0.2) is 40.7 Å². The summed E-state index contributed by atoms with van der Waals surface area (Å²) in [7, 11) is -3.49. The molecule has 3 N–H and O–H groups in total. The third kappa shape index (κ3) is 6.08. The van der Waals surface area contributed by atoms with E-state index in [2.05, 4.69) is 34.9 Å². The molecule has 7 rings (SSSR count). The molecule has 0 bridgehead atoms. The number of likely N-dealkylation sites (tertiary alicyclic amines) is 1. The number of hydrogen-bond donors (Lipinski definition) is 3. The van der Waals surface area contributed by atoms with E-state index in [-0.39, 0.29) is 31.6 Å². The van der Waals surface area contributed by atoms with Crippen molar-refractivity contribution in [2.45, 2.75) is 25.4 Å². The van der Waals surface area contributed by atoms with E-state index in [9.17, 15) is 21.6 Å². The molecular formula is C31H26F4N8O2S. The van der Waals surface area contributed by atoms with Crippen molar-refractivity contribution in [3.8, 4) is 33.8 Å². The van der Waals surface area contributed by atoms with Crippen molar-refractivity contribution in [1.29, 1.82) is 0 Å². The van der Waals surface area contributed by atoms with E-state index in [4.69, 9.17) is 0 Å². The van der Waals surface area contributed by atoms with Crippen LogP contribution >= 0.6 is 0 Å². The lowest BCUT2D eigenvalue weighted by Gasteiger charge is -2.15. The molecule has 5 heterocycles. The van der Waals surface area contributed by atoms with Crippen LogP contribution in [0.1, 0.15) is 17.5 Å². The molecule has 0 aliphatic carbocycles. The van der Waals surface area contributed by atoms with E-state index < -0.39 is 27.6 Å². The Bertz CT molecular complexity index is 2240. The first-order valence-electron chi connectivity index (χ1n) is 14.2. The number of H-pyrrole nitrogens is 2. The van der Waals surface area contributed by atoms with Gasteiger partial charge in [-0.3, -0.25) is 15.0 Å². The van der Waals surface area contributed by atoms with Crippen LogP contribution in [0.2, 0.25) is 0 Å². The molecule has 0 amide bonds. The quantitative estimate of drug-likeness (QED) is 0.188. The predicted molar refractivity (Wildman–Crippen MR) is 164 cm³/mol. The molecule has 15 heteroatoms. The van der Waals surface area contributed by atoms with Crippen LogP contribution in [0.3, 0.4) is 0 Å². The summed E-state index contributed by atoms with van der Waals surface area (Å²) in [4.78, 5) is 18.1. The number of aromatic amines is 2. The van der Waals surface area contributed by atoms with Gasteiger partial charge in [0.1, 0.15) is 17.0 Å². The summed E-state index contributed by atoms with van der Waals surface area (Å²) in [5.74, 6) is -3.52. The number of halogens is 4. The van der Waals surface area contributed by atoms with Gasteiger partial charge in [-0.1, -0.05) is 0 Å². The molecule has 0 saturated carbocycles. The minimum absolute atomic E-state index is 0.0870. The fraction of sp³-hybridized carbons (Fsp3) is 0.226. The Morgan fingerprint density at radius 2 is 1.85 bits per heavy atom. The van der Waals surface area contributed by atoms with Crippen molar-refractivity contribution in [3.05, 3.63) is 83.8 Å². The Hall–Kier alpha value is -4.73. The second kappa shape index (κ2) is 11.3. The van der Waals surface area contributed by atoms with E-state index in [1.54, 1.807) is 41.6 Å². The lowest BCUT2D eigenvalue weighted by atomic mass is 10.0. The number of sulfonamides is 1. The fourth-order valence-corrected chi connectivity index (χ4v) is 6.18. The highest BCUT2D eigenvalue weighted by Gasteiger charge is 2.38. The number of alkyl halides is 2. The number of fused-ring (bicyclic) bond motifs is 2. The van der Waals surface area contributed by atoms with E-state index in [0.29, 0.717) is 62.4 Å². The Balaban J connectivity index is 1.24. The highest BCUT2D eigenvalue weighted by Crippen LogP contribution is 2.35. The Labute approximate surface area is 260 Å². The highest BCUT2D eigenvalue weighted by atomic mass is 32.2. The van der Waals surface area contributed by atoms with Crippen LogP contribution in [0.25, 0.3) is 55.8 Å². The first-order chi connectivity index (χ1) is 21.9. The second-order valence-electron chi connectivity index (χ2n) is 11.4. The summed E-state index contributed by atoms with van der Waals surface area (Å²) < 4.78 is 82.9. The second-order valence-corrected chi connectivity index (χ2v) is 13.3. The van der Waals surface area contributed by atoms with Crippen LogP contribution in [0.5, 0.6) is 0 Å². The molecule has 10 nitrogen and oxygen atoms in total. The van der Waals surface area contributed by atoms with Crippen LogP contribution in [-0.4, -0.2) is 68.7 Å². The van der Waals surface area contributed by atoms with Gasteiger partial charge in [0.25, 0.3) is 5.92 Å². The van der Waals surface area contributed by atoms with Crippen molar-refractivity contribution in [2.75, 3.05) is 19.3 Å². The smallest absolute Gasteiger partial charge is 0.261 e. The van der Waals surface area contributed by atoms with Crippen molar-refractivity contribution in [1.82, 2.24) is 39.8 Å². The maximum absolute atomic E-state index is 15.4. The lowest BCUT2D eigenvalue weighted by molar-refractivity contribution is 0.0115. The number of rotatable bonds is 8.